The number of pyridine rings is 1. The molecule has 1 aromatic carbocycles. The maximum absolute atomic E-state index is 6.26. The molecule has 0 aliphatic rings. The van der Waals surface area contributed by atoms with Gasteiger partial charge >= 0.3 is 0 Å². The first-order chi connectivity index (χ1) is 7.02. The number of halogens is 2. The van der Waals surface area contributed by atoms with E-state index in [9.17, 15) is 0 Å². The normalized spacial score (nSPS) is 11.0. The van der Waals surface area contributed by atoms with Crippen molar-refractivity contribution in [3.8, 4) is 0 Å². The van der Waals surface area contributed by atoms with Gasteiger partial charge in [-0.1, -0.05) is 35.3 Å². The summed E-state index contributed by atoms with van der Waals surface area (Å²) in [7, 11) is 0. The van der Waals surface area contributed by atoms with Crippen LogP contribution >= 0.6 is 23.2 Å². The highest BCUT2D eigenvalue weighted by atomic mass is 35.5. The second-order valence-electron chi connectivity index (χ2n) is 3.73. The molecule has 2 aromatic rings. The Hall–Kier alpha value is -0.790. The maximum atomic E-state index is 6.26. The highest BCUT2D eigenvalue weighted by Crippen LogP contribution is 2.32. The van der Waals surface area contributed by atoms with Crippen LogP contribution in [0.15, 0.2) is 12.1 Å². The van der Waals surface area contributed by atoms with Gasteiger partial charge in [-0.05, 0) is 31.9 Å². The van der Waals surface area contributed by atoms with E-state index in [2.05, 4.69) is 4.98 Å². The van der Waals surface area contributed by atoms with Crippen LogP contribution < -0.4 is 0 Å². The number of nitrogens with zero attached hydrogens (tertiary/aromatic N) is 1. The van der Waals surface area contributed by atoms with Crippen molar-refractivity contribution >= 4 is 34.1 Å². The predicted molar refractivity (Wildman–Crippen MR) is 66.0 cm³/mol. The third kappa shape index (κ3) is 1.60. The SMILES string of the molecule is Cc1ccc2c(Cl)c(C)c(C)nc2c1Cl. The molecule has 0 amide bonds. The summed E-state index contributed by atoms with van der Waals surface area (Å²) in [5, 5.41) is 2.37. The minimum absolute atomic E-state index is 0.692. The third-order valence-corrected chi connectivity index (χ3v) is 3.66. The van der Waals surface area contributed by atoms with Crippen molar-refractivity contribution in [3.05, 3.63) is 39.0 Å². The van der Waals surface area contributed by atoms with E-state index in [1.165, 1.54) is 0 Å². The highest BCUT2D eigenvalue weighted by Gasteiger charge is 2.10. The lowest BCUT2D eigenvalue weighted by atomic mass is 10.1. The molecule has 0 unspecified atom stereocenters. The minimum atomic E-state index is 0.692. The number of aryl methyl sites for hydroxylation is 2. The van der Waals surface area contributed by atoms with Crippen LogP contribution in [0.3, 0.4) is 0 Å². The molecule has 78 valence electrons. The molecule has 0 saturated carbocycles. The van der Waals surface area contributed by atoms with Crippen molar-refractivity contribution in [2.45, 2.75) is 20.8 Å². The van der Waals surface area contributed by atoms with Gasteiger partial charge in [-0.2, -0.15) is 0 Å². The Balaban J connectivity index is 2.98. The Labute approximate surface area is 99.0 Å². The molecule has 0 atom stereocenters. The Kier molecular flexibility index (Phi) is 2.61. The van der Waals surface area contributed by atoms with Crippen LogP contribution in [-0.4, -0.2) is 4.98 Å². The molecule has 0 radical (unpaired) electrons. The second-order valence-corrected chi connectivity index (χ2v) is 4.48. The van der Waals surface area contributed by atoms with Gasteiger partial charge < -0.3 is 0 Å². The van der Waals surface area contributed by atoms with Gasteiger partial charge in [0.25, 0.3) is 0 Å². The Morgan fingerprint density at radius 2 is 1.67 bits per heavy atom. The van der Waals surface area contributed by atoms with Crippen molar-refractivity contribution in [2.75, 3.05) is 0 Å². The van der Waals surface area contributed by atoms with Crippen molar-refractivity contribution in [2.24, 2.45) is 0 Å². The fourth-order valence-corrected chi connectivity index (χ4v) is 2.06. The van der Waals surface area contributed by atoms with E-state index in [4.69, 9.17) is 23.2 Å². The summed E-state index contributed by atoms with van der Waals surface area (Å²) < 4.78 is 0. The number of aromatic nitrogens is 1. The van der Waals surface area contributed by atoms with Gasteiger partial charge in [0, 0.05) is 11.1 Å². The molecular formula is C12H11Cl2N. The molecule has 1 aromatic heterocycles. The number of hydrogen-bond donors (Lipinski definition) is 0. The van der Waals surface area contributed by atoms with E-state index in [1.807, 2.05) is 32.9 Å². The molecule has 15 heavy (non-hydrogen) atoms. The van der Waals surface area contributed by atoms with Crippen molar-refractivity contribution < 1.29 is 0 Å². The summed E-state index contributed by atoms with van der Waals surface area (Å²) in [5.74, 6) is 0. The molecule has 3 heteroatoms. The lowest BCUT2D eigenvalue weighted by molar-refractivity contribution is 1.19. The van der Waals surface area contributed by atoms with Crippen LogP contribution in [0, 0.1) is 20.8 Å². The van der Waals surface area contributed by atoms with E-state index < -0.39 is 0 Å². The van der Waals surface area contributed by atoms with E-state index in [0.717, 1.165) is 32.7 Å². The second kappa shape index (κ2) is 3.66. The smallest absolute Gasteiger partial charge is 0.0909 e. The van der Waals surface area contributed by atoms with E-state index in [1.54, 1.807) is 0 Å². The summed E-state index contributed by atoms with van der Waals surface area (Å²) in [6, 6.07) is 3.94. The minimum Gasteiger partial charge on any atom is -0.251 e. The number of rotatable bonds is 0. The van der Waals surface area contributed by atoms with Crippen LogP contribution in [0.2, 0.25) is 10.0 Å². The van der Waals surface area contributed by atoms with E-state index in [0.29, 0.717) is 5.02 Å². The maximum Gasteiger partial charge on any atom is 0.0909 e. The van der Waals surface area contributed by atoms with Crippen LogP contribution in [0.4, 0.5) is 0 Å². The van der Waals surface area contributed by atoms with Gasteiger partial charge in [0.05, 0.1) is 15.6 Å². The van der Waals surface area contributed by atoms with E-state index in [-0.39, 0.29) is 0 Å². The fraction of sp³-hybridized carbons (Fsp3) is 0.250. The summed E-state index contributed by atoms with van der Waals surface area (Å²) in [6.07, 6.45) is 0. The molecule has 0 saturated heterocycles. The lowest BCUT2D eigenvalue weighted by Crippen LogP contribution is -1.92. The fourth-order valence-electron chi connectivity index (χ4n) is 1.56. The van der Waals surface area contributed by atoms with Crippen LogP contribution in [0.1, 0.15) is 16.8 Å². The standard InChI is InChI=1S/C12H11Cl2N/c1-6-4-5-9-11(14)7(2)8(3)15-12(9)10(6)13/h4-5H,1-3H3. The predicted octanol–water partition coefficient (Wildman–Crippen LogP) is 4.47. The zero-order valence-corrected chi connectivity index (χ0v) is 10.4. The first kappa shape index (κ1) is 10.7. The number of hydrogen-bond acceptors (Lipinski definition) is 1. The monoisotopic (exact) mass is 239 g/mol. The summed E-state index contributed by atoms with van der Waals surface area (Å²) in [4.78, 5) is 4.48. The van der Waals surface area contributed by atoms with Gasteiger partial charge in [0.2, 0.25) is 0 Å². The Morgan fingerprint density at radius 3 is 2.33 bits per heavy atom. The van der Waals surface area contributed by atoms with Gasteiger partial charge in [-0.15, -0.1) is 0 Å². The van der Waals surface area contributed by atoms with Gasteiger partial charge in [-0.25, -0.2) is 0 Å². The molecule has 0 aliphatic heterocycles. The van der Waals surface area contributed by atoms with Crippen LogP contribution in [-0.2, 0) is 0 Å². The summed E-state index contributed by atoms with van der Waals surface area (Å²) >= 11 is 12.5. The molecule has 0 fully saturated rings. The molecule has 0 bridgehead atoms. The quantitative estimate of drug-likeness (QED) is 0.662. The van der Waals surface area contributed by atoms with Crippen molar-refractivity contribution in [1.82, 2.24) is 4.98 Å². The average molecular weight is 240 g/mol. The number of benzene rings is 1. The largest absolute Gasteiger partial charge is 0.251 e. The Bertz CT molecular complexity index is 547. The van der Waals surface area contributed by atoms with Gasteiger partial charge in [0.1, 0.15) is 0 Å². The van der Waals surface area contributed by atoms with Crippen molar-refractivity contribution in [3.63, 3.8) is 0 Å². The lowest BCUT2D eigenvalue weighted by Gasteiger charge is -2.09. The molecular weight excluding hydrogens is 229 g/mol. The Morgan fingerprint density at radius 1 is 1.00 bits per heavy atom. The highest BCUT2D eigenvalue weighted by molar-refractivity contribution is 6.40. The van der Waals surface area contributed by atoms with Gasteiger partial charge in [-0.3, -0.25) is 4.98 Å². The van der Waals surface area contributed by atoms with Crippen molar-refractivity contribution in [1.29, 1.82) is 0 Å². The van der Waals surface area contributed by atoms with E-state index >= 15 is 0 Å². The molecule has 1 nitrogen and oxygen atoms in total. The topological polar surface area (TPSA) is 12.9 Å². The number of fused-ring (bicyclic) bond motifs is 1. The third-order valence-electron chi connectivity index (χ3n) is 2.70. The molecule has 1 heterocycles. The summed E-state index contributed by atoms with van der Waals surface area (Å²) in [5.41, 5.74) is 3.77. The van der Waals surface area contributed by atoms with Crippen LogP contribution in [0.5, 0.6) is 0 Å². The average Bonchev–Trinajstić information content (AvgIpc) is 2.21. The first-order valence-corrected chi connectivity index (χ1v) is 5.49. The molecule has 0 aliphatic carbocycles. The zero-order valence-electron chi connectivity index (χ0n) is 8.86. The van der Waals surface area contributed by atoms with Gasteiger partial charge in [0.15, 0.2) is 0 Å². The zero-order chi connectivity index (χ0) is 11.2. The molecule has 0 spiro atoms. The first-order valence-electron chi connectivity index (χ1n) is 4.74. The molecule has 0 N–H and O–H groups in total. The summed E-state index contributed by atoms with van der Waals surface area (Å²) in [6.45, 7) is 5.88. The van der Waals surface area contributed by atoms with Crippen LogP contribution in [0.25, 0.3) is 10.9 Å². The molecule has 2 rings (SSSR count).